The van der Waals surface area contributed by atoms with Crippen LogP contribution in [0.1, 0.15) is 33.6 Å². The highest BCUT2D eigenvalue weighted by atomic mass is 16.5. The van der Waals surface area contributed by atoms with Crippen LogP contribution in [0.3, 0.4) is 0 Å². The molecule has 14 heavy (non-hydrogen) atoms. The Balaban J connectivity index is 2.58. The van der Waals surface area contributed by atoms with Crippen molar-refractivity contribution in [3.05, 3.63) is 0 Å². The normalized spacial score (nSPS) is 26.5. The van der Waals surface area contributed by atoms with Crippen molar-refractivity contribution in [2.75, 3.05) is 19.7 Å². The van der Waals surface area contributed by atoms with Crippen molar-refractivity contribution in [2.45, 2.75) is 39.7 Å². The first-order chi connectivity index (χ1) is 6.74. The van der Waals surface area contributed by atoms with Gasteiger partial charge in [-0.3, -0.25) is 4.79 Å². The standard InChI is InChI=1S/C11H21NO2/c1-4-10-9(7-8-14-10)11(13)12(5-2)6-3/h9-10H,4-8H2,1-3H3. The van der Waals surface area contributed by atoms with Crippen LogP contribution in [0.25, 0.3) is 0 Å². The fourth-order valence-electron chi connectivity index (χ4n) is 2.10. The first-order valence-electron chi connectivity index (χ1n) is 5.64. The minimum Gasteiger partial charge on any atom is -0.377 e. The molecule has 0 saturated carbocycles. The van der Waals surface area contributed by atoms with Gasteiger partial charge in [-0.2, -0.15) is 0 Å². The molecule has 0 spiro atoms. The average molecular weight is 199 g/mol. The van der Waals surface area contributed by atoms with Crippen LogP contribution in [0.2, 0.25) is 0 Å². The Morgan fingerprint density at radius 3 is 2.50 bits per heavy atom. The molecular weight excluding hydrogens is 178 g/mol. The molecule has 0 aromatic rings. The van der Waals surface area contributed by atoms with Crippen molar-refractivity contribution in [1.29, 1.82) is 0 Å². The third-order valence-electron chi connectivity index (χ3n) is 3.00. The molecular formula is C11H21NO2. The first kappa shape index (κ1) is 11.5. The van der Waals surface area contributed by atoms with Crippen molar-refractivity contribution >= 4 is 5.91 Å². The lowest BCUT2D eigenvalue weighted by molar-refractivity contribution is -0.136. The van der Waals surface area contributed by atoms with Gasteiger partial charge in [0.15, 0.2) is 0 Å². The summed E-state index contributed by atoms with van der Waals surface area (Å²) in [5.74, 6) is 0.388. The maximum atomic E-state index is 12.0. The first-order valence-corrected chi connectivity index (χ1v) is 5.64. The van der Waals surface area contributed by atoms with E-state index in [0.717, 1.165) is 32.5 Å². The molecule has 3 nitrogen and oxygen atoms in total. The largest absolute Gasteiger partial charge is 0.377 e. The Bertz CT molecular complexity index is 190. The van der Waals surface area contributed by atoms with Gasteiger partial charge in [-0.15, -0.1) is 0 Å². The number of carbonyl (C=O) groups is 1. The van der Waals surface area contributed by atoms with Crippen LogP contribution >= 0.6 is 0 Å². The summed E-state index contributed by atoms with van der Waals surface area (Å²) in [7, 11) is 0. The quantitative estimate of drug-likeness (QED) is 0.689. The van der Waals surface area contributed by atoms with Crippen molar-refractivity contribution < 1.29 is 9.53 Å². The highest BCUT2D eigenvalue weighted by Gasteiger charge is 2.34. The molecule has 0 bridgehead atoms. The van der Waals surface area contributed by atoms with Gasteiger partial charge in [0.05, 0.1) is 12.0 Å². The van der Waals surface area contributed by atoms with Gasteiger partial charge >= 0.3 is 0 Å². The second-order valence-electron chi connectivity index (χ2n) is 3.72. The molecule has 1 aliphatic rings. The lowest BCUT2D eigenvalue weighted by atomic mass is 9.98. The van der Waals surface area contributed by atoms with Gasteiger partial charge in [-0.1, -0.05) is 6.92 Å². The van der Waals surface area contributed by atoms with Crippen molar-refractivity contribution in [3.8, 4) is 0 Å². The zero-order valence-corrected chi connectivity index (χ0v) is 9.45. The molecule has 0 radical (unpaired) electrons. The van der Waals surface area contributed by atoms with Crippen LogP contribution in [0, 0.1) is 5.92 Å². The summed E-state index contributed by atoms with van der Waals surface area (Å²) in [4.78, 5) is 13.9. The van der Waals surface area contributed by atoms with Gasteiger partial charge in [0.1, 0.15) is 0 Å². The van der Waals surface area contributed by atoms with Crippen LogP contribution < -0.4 is 0 Å². The Hall–Kier alpha value is -0.570. The van der Waals surface area contributed by atoms with Crippen molar-refractivity contribution in [2.24, 2.45) is 5.92 Å². The third kappa shape index (κ3) is 2.27. The fraction of sp³-hybridized carbons (Fsp3) is 0.909. The Morgan fingerprint density at radius 1 is 1.36 bits per heavy atom. The Morgan fingerprint density at radius 2 is 2.00 bits per heavy atom. The van der Waals surface area contributed by atoms with E-state index in [9.17, 15) is 4.79 Å². The van der Waals surface area contributed by atoms with E-state index in [4.69, 9.17) is 4.74 Å². The molecule has 0 aliphatic carbocycles. The van der Waals surface area contributed by atoms with E-state index >= 15 is 0 Å². The highest BCUT2D eigenvalue weighted by molar-refractivity contribution is 5.79. The zero-order valence-electron chi connectivity index (χ0n) is 9.45. The summed E-state index contributed by atoms with van der Waals surface area (Å²) in [6.07, 6.45) is 1.99. The van der Waals surface area contributed by atoms with E-state index in [2.05, 4.69) is 6.92 Å². The van der Waals surface area contributed by atoms with Crippen LogP contribution in [0.5, 0.6) is 0 Å². The second kappa shape index (κ2) is 5.35. The molecule has 1 fully saturated rings. The molecule has 1 aliphatic heterocycles. The molecule has 3 heteroatoms. The van der Waals surface area contributed by atoms with E-state index in [1.54, 1.807) is 0 Å². The monoisotopic (exact) mass is 199 g/mol. The molecule has 2 atom stereocenters. The molecule has 2 unspecified atom stereocenters. The molecule has 0 N–H and O–H groups in total. The number of carbonyl (C=O) groups excluding carboxylic acids is 1. The van der Waals surface area contributed by atoms with Gasteiger partial charge in [-0.05, 0) is 26.7 Å². The predicted octanol–water partition coefficient (Wildman–Crippen LogP) is 1.67. The van der Waals surface area contributed by atoms with Gasteiger partial charge < -0.3 is 9.64 Å². The molecule has 82 valence electrons. The van der Waals surface area contributed by atoms with Gasteiger partial charge in [0.2, 0.25) is 5.91 Å². The van der Waals surface area contributed by atoms with Crippen molar-refractivity contribution in [1.82, 2.24) is 4.90 Å². The molecule has 1 amide bonds. The number of nitrogens with zero attached hydrogens (tertiary/aromatic N) is 1. The topological polar surface area (TPSA) is 29.5 Å². The molecule has 1 rings (SSSR count). The summed E-state index contributed by atoms with van der Waals surface area (Å²) >= 11 is 0. The SMILES string of the molecule is CCC1OCCC1C(=O)N(CC)CC. The molecule has 0 aromatic carbocycles. The summed E-state index contributed by atoms with van der Waals surface area (Å²) < 4.78 is 5.53. The number of amides is 1. The van der Waals surface area contributed by atoms with Crippen LogP contribution in [0.4, 0.5) is 0 Å². The van der Waals surface area contributed by atoms with E-state index < -0.39 is 0 Å². The molecule has 1 heterocycles. The van der Waals surface area contributed by atoms with E-state index in [0.29, 0.717) is 0 Å². The highest BCUT2D eigenvalue weighted by Crippen LogP contribution is 2.25. The zero-order chi connectivity index (χ0) is 10.6. The van der Waals surface area contributed by atoms with Crippen LogP contribution in [-0.2, 0) is 9.53 Å². The molecule has 1 saturated heterocycles. The minimum absolute atomic E-state index is 0.111. The van der Waals surface area contributed by atoms with Crippen LogP contribution in [0.15, 0.2) is 0 Å². The van der Waals surface area contributed by atoms with E-state index in [1.807, 2.05) is 18.7 Å². The van der Waals surface area contributed by atoms with E-state index in [1.165, 1.54) is 0 Å². The number of hydrogen-bond acceptors (Lipinski definition) is 2. The summed E-state index contributed by atoms with van der Waals surface area (Å²) in [6, 6.07) is 0. The Kier molecular flexibility index (Phi) is 4.39. The smallest absolute Gasteiger partial charge is 0.228 e. The number of hydrogen-bond donors (Lipinski definition) is 0. The number of ether oxygens (including phenoxy) is 1. The van der Waals surface area contributed by atoms with Crippen LogP contribution in [-0.4, -0.2) is 36.6 Å². The fourth-order valence-corrected chi connectivity index (χ4v) is 2.10. The second-order valence-corrected chi connectivity index (χ2v) is 3.72. The van der Waals surface area contributed by atoms with Gasteiger partial charge in [0.25, 0.3) is 0 Å². The maximum absolute atomic E-state index is 12.0. The third-order valence-corrected chi connectivity index (χ3v) is 3.00. The lowest BCUT2D eigenvalue weighted by Gasteiger charge is -2.24. The van der Waals surface area contributed by atoms with Gasteiger partial charge in [-0.25, -0.2) is 0 Å². The summed E-state index contributed by atoms with van der Waals surface area (Å²) in [5.41, 5.74) is 0. The Labute approximate surface area is 86.4 Å². The summed E-state index contributed by atoms with van der Waals surface area (Å²) in [6.45, 7) is 8.50. The summed E-state index contributed by atoms with van der Waals surface area (Å²) in [5, 5.41) is 0. The van der Waals surface area contributed by atoms with Crippen molar-refractivity contribution in [3.63, 3.8) is 0 Å². The average Bonchev–Trinajstić information content (AvgIpc) is 2.67. The lowest BCUT2D eigenvalue weighted by Crippen LogP contribution is -2.38. The van der Waals surface area contributed by atoms with E-state index in [-0.39, 0.29) is 17.9 Å². The molecule has 0 aromatic heterocycles. The van der Waals surface area contributed by atoms with Gasteiger partial charge in [0, 0.05) is 19.7 Å². The minimum atomic E-state index is 0.111. The number of rotatable bonds is 4. The predicted molar refractivity (Wildman–Crippen MR) is 56.1 cm³/mol. The maximum Gasteiger partial charge on any atom is 0.228 e.